The van der Waals surface area contributed by atoms with Gasteiger partial charge in [0.15, 0.2) is 0 Å². The Balaban J connectivity index is 2.13. The van der Waals surface area contributed by atoms with E-state index >= 15 is 0 Å². The van der Waals surface area contributed by atoms with Gasteiger partial charge >= 0.3 is 0 Å². The van der Waals surface area contributed by atoms with E-state index in [-0.39, 0.29) is 5.66 Å². The van der Waals surface area contributed by atoms with Crippen LogP contribution in [0.2, 0.25) is 0 Å². The van der Waals surface area contributed by atoms with Gasteiger partial charge in [-0.15, -0.1) is 0 Å². The van der Waals surface area contributed by atoms with E-state index in [4.69, 9.17) is 10.5 Å². The molecule has 3 nitrogen and oxygen atoms in total. The van der Waals surface area contributed by atoms with Crippen molar-refractivity contribution in [3.63, 3.8) is 0 Å². The van der Waals surface area contributed by atoms with Crippen molar-refractivity contribution in [2.75, 3.05) is 20.2 Å². The molecule has 1 saturated heterocycles. The molecule has 1 aliphatic heterocycles. The fraction of sp³-hybridized carbons (Fsp3) is 0.571. The molecule has 0 aromatic heterocycles. The normalized spacial score (nSPS) is 20.2. The molecule has 0 saturated carbocycles. The summed E-state index contributed by atoms with van der Waals surface area (Å²) in [5.41, 5.74) is 7.36. The van der Waals surface area contributed by atoms with E-state index in [0.717, 1.165) is 25.3 Å². The van der Waals surface area contributed by atoms with Crippen molar-refractivity contribution in [3.05, 3.63) is 29.8 Å². The fourth-order valence-electron chi connectivity index (χ4n) is 2.57. The molecule has 1 unspecified atom stereocenters. The summed E-state index contributed by atoms with van der Waals surface area (Å²) in [5.74, 6) is 0.934. The van der Waals surface area contributed by atoms with E-state index in [0.29, 0.717) is 0 Å². The van der Waals surface area contributed by atoms with Crippen LogP contribution < -0.4 is 10.5 Å². The predicted molar refractivity (Wildman–Crippen MR) is 70.1 cm³/mol. The molecule has 0 amide bonds. The molecule has 2 N–H and O–H groups in total. The lowest BCUT2D eigenvalue weighted by Gasteiger charge is -2.35. The van der Waals surface area contributed by atoms with Crippen molar-refractivity contribution >= 4 is 0 Å². The summed E-state index contributed by atoms with van der Waals surface area (Å²) in [6.07, 6.45) is 3.36. The second kappa shape index (κ2) is 5.07. The van der Waals surface area contributed by atoms with Gasteiger partial charge in [0.2, 0.25) is 0 Å². The maximum atomic E-state index is 6.45. The van der Waals surface area contributed by atoms with Gasteiger partial charge in [0.1, 0.15) is 5.75 Å². The van der Waals surface area contributed by atoms with Gasteiger partial charge in [-0.1, -0.05) is 18.2 Å². The second-order valence-electron chi connectivity index (χ2n) is 5.04. The summed E-state index contributed by atoms with van der Waals surface area (Å²) in [6.45, 7) is 4.34. The lowest BCUT2D eigenvalue weighted by Crippen LogP contribution is -2.54. The second-order valence-corrected chi connectivity index (χ2v) is 5.04. The minimum Gasteiger partial charge on any atom is -0.496 e. The molecule has 1 heterocycles. The van der Waals surface area contributed by atoms with E-state index in [9.17, 15) is 0 Å². The third kappa shape index (κ3) is 2.79. The number of hydrogen-bond acceptors (Lipinski definition) is 3. The molecule has 0 spiro atoms. The van der Waals surface area contributed by atoms with Crippen LogP contribution in [0.15, 0.2) is 24.3 Å². The van der Waals surface area contributed by atoms with Crippen molar-refractivity contribution in [2.24, 2.45) is 5.73 Å². The fourth-order valence-corrected chi connectivity index (χ4v) is 2.57. The first kappa shape index (κ1) is 12.4. The molecule has 17 heavy (non-hydrogen) atoms. The SMILES string of the molecule is COc1ccccc1CC(C)(N)N1CCCC1. The number of nitrogens with zero attached hydrogens (tertiary/aromatic N) is 1. The lowest BCUT2D eigenvalue weighted by molar-refractivity contribution is 0.141. The molecular formula is C14H22N2O. The molecule has 1 aromatic rings. The molecule has 2 rings (SSSR count). The van der Waals surface area contributed by atoms with Crippen LogP contribution in [0.25, 0.3) is 0 Å². The van der Waals surface area contributed by atoms with Gasteiger partial charge in [0.05, 0.1) is 12.8 Å². The molecular weight excluding hydrogens is 212 g/mol. The summed E-state index contributed by atoms with van der Waals surface area (Å²) < 4.78 is 5.38. The Hall–Kier alpha value is -1.06. The predicted octanol–water partition coefficient (Wildman–Crippen LogP) is 2.01. The average molecular weight is 234 g/mol. The zero-order valence-electron chi connectivity index (χ0n) is 10.8. The molecule has 0 aliphatic carbocycles. The van der Waals surface area contributed by atoms with Gasteiger partial charge in [-0.05, 0) is 44.5 Å². The molecule has 0 bridgehead atoms. The summed E-state index contributed by atoms with van der Waals surface area (Å²) in [6, 6.07) is 8.12. The molecule has 94 valence electrons. The van der Waals surface area contributed by atoms with E-state index in [1.165, 1.54) is 18.4 Å². The van der Waals surface area contributed by atoms with Crippen LogP contribution in [-0.4, -0.2) is 30.8 Å². The highest BCUT2D eigenvalue weighted by Crippen LogP contribution is 2.25. The first-order valence-electron chi connectivity index (χ1n) is 6.29. The Morgan fingerprint density at radius 3 is 2.59 bits per heavy atom. The van der Waals surface area contributed by atoms with Crippen molar-refractivity contribution in [1.29, 1.82) is 0 Å². The van der Waals surface area contributed by atoms with Crippen molar-refractivity contribution in [3.8, 4) is 5.75 Å². The minimum atomic E-state index is -0.273. The van der Waals surface area contributed by atoms with Crippen LogP contribution in [0.3, 0.4) is 0 Å². The number of methoxy groups -OCH3 is 1. The molecule has 1 aromatic carbocycles. The maximum absolute atomic E-state index is 6.45. The van der Waals surface area contributed by atoms with Crippen molar-refractivity contribution < 1.29 is 4.74 Å². The number of likely N-dealkylation sites (tertiary alicyclic amines) is 1. The zero-order valence-corrected chi connectivity index (χ0v) is 10.8. The van der Waals surface area contributed by atoms with Gasteiger partial charge in [-0.3, -0.25) is 4.90 Å². The van der Waals surface area contributed by atoms with Crippen LogP contribution in [0.4, 0.5) is 0 Å². The standard InChI is InChI=1S/C14H22N2O/c1-14(15,16-9-5-6-10-16)11-12-7-3-4-8-13(12)17-2/h3-4,7-8H,5-6,9-11,15H2,1-2H3. The first-order chi connectivity index (χ1) is 8.13. The Bertz CT molecular complexity index is 370. The van der Waals surface area contributed by atoms with Crippen LogP contribution in [0.5, 0.6) is 5.75 Å². The van der Waals surface area contributed by atoms with Gasteiger partial charge in [0.25, 0.3) is 0 Å². The summed E-state index contributed by atoms with van der Waals surface area (Å²) in [5, 5.41) is 0. The first-order valence-corrected chi connectivity index (χ1v) is 6.29. The summed E-state index contributed by atoms with van der Waals surface area (Å²) >= 11 is 0. The third-order valence-corrected chi connectivity index (χ3v) is 3.57. The lowest BCUT2D eigenvalue weighted by atomic mass is 10.00. The molecule has 3 heteroatoms. The monoisotopic (exact) mass is 234 g/mol. The van der Waals surface area contributed by atoms with Crippen LogP contribution in [0.1, 0.15) is 25.3 Å². The van der Waals surface area contributed by atoms with Crippen molar-refractivity contribution in [2.45, 2.75) is 31.8 Å². The Morgan fingerprint density at radius 1 is 1.29 bits per heavy atom. The van der Waals surface area contributed by atoms with E-state index in [1.807, 2.05) is 18.2 Å². The Morgan fingerprint density at radius 2 is 1.94 bits per heavy atom. The quantitative estimate of drug-likeness (QED) is 0.866. The summed E-state index contributed by atoms with van der Waals surface area (Å²) in [4.78, 5) is 2.37. The van der Waals surface area contributed by atoms with Crippen LogP contribution in [0, 0.1) is 0 Å². The molecule has 1 atom stereocenters. The van der Waals surface area contributed by atoms with Gasteiger partial charge in [-0.25, -0.2) is 0 Å². The van der Waals surface area contributed by atoms with Crippen LogP contribution >= 0.6 is 0 Å². The minimum absolute atomic E-state index is 0.273. The smallest absolute Gasteiger partial charge is 0.122 e. The third-order valence-electron chi connectivity index (χ3n) is 3.57. The topological polar surface area (TPSA) is 38.5 Å². The highest BCUT2D eigenvalue weighted by molar-refractivity contribution is 5.34. The van der Waals surface area contributed by atoms with Crippen LogP contribution in [-0.2, 0) is 6.42 Å². The number of nitrogens with two attached hydrogens (primary N) is 1. The van der Waals surface area contributed by atoms with E-state index in [1.54, 1.807) is 7.11 Å². The molecule has 0 radical (unpaired) electrons. The van der Waals surface area contributed by atoms with E-state index in [2.05, 4.69) is 17.9 Å². The number of benzene rings is 1. The average Bonchev–Trinajstić information content (AvgIpc) is 2.83. The van der Waals surface area contributed by atoms with Gasteiger partial charge in [-0.2, -0.15) is 0 Å². The molecule has 1 aliphatic rings. The highest BCUT2D eigenvalue weighted by atomic mass is 16.5. The number of hydrogen-bond donors (Lipinski definition) is 1. The molecule has 1 fully saturated rings. The van der Waals surface area contributed by atoms with E-state index < -0.39 is 0 Å². The van der Waals surface area contributed by atoms with Gasteiger partial charge < -0.3 is 10.5 Å². The number of para-hydroxylation sites is 1. The Kier molecular flexibility index (Phi) is 3.69. The summed E-state index contributed by atoms with van der Waals surface area (Å²) in [7, 11) is 1.71. The maximum Gasteiger partial charge on any atom is 0.122 e. The number of rotatable bonds is 4. The largest absolute Gasteiger partial charge is 0.496 e. The Labute approximate surface area is 104 Å². The van der Waals surface area contributed by atoms with Gasteiger partial charge in [0, 0.05) is 6.42 Å². The zero-order chi connectivity index (χ0) is 12.3. The number of ether oxygens (including phenoxy) is 1. The highest BCUT2D eigenvalue weighted by Gasteiger charge is 2.30. The van der Waals surface area contributed by atoms with Crippen molar-refractivity contribution in [1.82, 2.24) is 4.90 Å².